The van der Waals surface area contributed by atoms with E-state index in [0.29, 0.717) is 50.3 Å². The minimum Gasteiger partial charge on any atom is -0.378 e. The van der Waals surface area contributed by atoms with E-state index in [2.05, 4.69) is 15.5 Å². The highest BCUT2D eigenvalue weighted by atomic mass is 16.5. The van der Waals surface area contributed by atoms with Gasteiger partial charge in [0, 0.05) is 31.8 Å². The lowest BCUT2D eigenvalue weighted by Gasteiger charge is -2.34. The van der Waals surface area contributed by atoms with Crippen molar-refractivity contribution in [1.82, 2.24) is 20.4 Å². The van der Waals surface area contributed by atoms with E-state index in [-0.39, 0.29) is 5.91 Å². The van der Waals surface area contributed by atoms with Gasteiger partial charge in [-0.05, 0) is 49.9 Å². The Balaban J connectivity index is 1.39. The number of hydrogen-bond acceptors (Lipinski definition) is 6. The van der Waals surface area contributed by atoms with Crippen LogP contribution in [0.4, 0.5) is 0 Å². The number of hydrogen-bond donors (Lipinski definition) is 1. The first-order valence-electron chi connectivity index (χ1n) is 9.73. The molecule has 2 aliphatic heterocycles. The van der Waals surface area contributed by atoms with Crippen LogP contribution in [0, 0.1) is 11.8 Å². The second kappa shape index (κ2) is 8.63. The first-order valence-corrected chi connectivity index (χ1v) is 9.73. The summed E-state index contributed by atoms with van der Waals surface area (Å²) >= 11 is 0. The van der Waals surface area contributed by atoms with Crippen LogP contribution in [-0.4, -0.2) is 60.3 Å². The van der Waals surface area contributed by atoms with E-state index in [1.807, 2.05) is 29.2 Å². The number of rotatable bonds is 5. The number of nitrogens with zero attached hydrogens (tertiary/aromatic N) is 3. The van der Waals surface area contributed by atoms with Gasteiger partial charge in [-0.3, -0.25) is 9.78 Å². The number of nitrogens with one attached hydrogen (secondary N) is 1. The summed E-state index contributed by atoms with van der Waals surface area (Å²) in [5.41, 5.74) is 1.71. The largest absolute Gasteiger partial charge is 0.378 e. The molecule has 2 fully saturated rings. The van der Waals surface area contributed by atoms with Crippen molar-refractivity contribution in [2.75, 3.05) is 39.4 Å². The molecular formula is C20H26N4O3. The third-order valence-electron chi connectivity index (χ3n) is 5.51. The van der Waals surface area contributed by atoms with Crippen LogP contribution in [0.3, 0.4) is 0 Å². The zero-order chi connectivity index (χ0) is 18.5. The Morgan fingerprint density at radius 1 is 1.26 bits per heavy atom. The molecule has 0 spiro atoms. The van der Waals surface area contributed by atoms with Gasteiger partial charge in [-0.15, -0.1) is 0 Å². The van der Waals surface area contributed by atoms with Gasteiger partial charge < -0.3 is 19.5 Å². The smallest absolute Gasteiger partial charge is 0.223 e. The number of piperidine rings is 1. The molecule has 144 valence electrons. The fourth-order valence-corrected chi connectivity index (χ4v) is 3.96. The van der Waals surface area contributed by atoms with Gasteiger partial charge in [-0.1, -0.05) is 11.2 Å². The van der Waals surface area contributed by atoms with Gasteiger partial charge in [-0.25, -0.2) is 0 Å². The van der Waals surface area contributed by atoms with Crippen molar-refractivity contribution in [2.45, 2.75) is 19.3 Å². The lowest BCUT2D eigenvalue weighted by Crippen LogP contribution is -2.44. The van der Waals surface area contributed by atoms with Crippen molar-refractivity contribution in [2.24, 2.45) is 11.8 Å². The molecule has 0 radical (unpaired) electrons. The van der Waals surface area contributed by atoms with Crippen LogP contribution in [-0.2, 0) is 16.0 Å². The zero-order valence-electron chi connectivity index (χ0n) is 15.5. The minimum absolute atomic E-state index is 0.254. The summed E-state index contributed by atoms with van der Waals surface area (Å²) in [4.78, 5) is 18.9. The molecule has 1 amide bonds. The number of carbonyl (C=O) groups is 1. The second-order valence-electron chi connectivity index (χ2n) is 7.31. The lowest BCUT2D eigenvalue weighted by molar-refractivity contribution is -0.136. The van der Waals surface area contributed by atoms with E-state index >= 15 is 0 Å². The van der Waals surface area contributed by atoms with Gasteiger partial charge in [0.15, 0.2) is 5.76 Å². The molecule has 7 heteroatoms. The van der Waals surface area contributed by atoms with Crippen LogP contribution >= 0.6 is 0 Å². The number of aromatic nitrogens is 2. The first-order chi connectivity index (χ1) is 13.3. The van der Waals surface area contributed by atoms with Crippen LogP contribution in [0.5, 0.6) is 0 Å². The van der Waals surface area contributed by atoms with Gasteiger partial charge in [0.1, 0.15) is 5.69 Å². The Bertz CT molecular complexity index is 743. The van der Waals surface area contributed by atoms with Crippen molar-refractivity contribution in [3.05, 3.63) is 36.2 Å². The molecule has 2 unspecified atom stereocenters. The minimum atomic E-state index is 0.254. The maximum atomic E-state index is 12.7. The maximum absolute atomic E-state index is 12.7. The molecular weight excluding hydrogens is 344 g/mol. The molecule has 2 saturated heterocycles. The summed E-state index contributed by atoms with van der Waals surface area (Å²) in [5, 5.41) is 7.70. The summed E-state index contributed by atoms with van der Waals surface area (Å²) in [6.07, 6.45) is 4.18. The number of amides is 1. The quantitative estimate of drug-likeness (QED) is 0.864. The Labute approximate surface area is 159 Å². The lowest BCUT2D eigenvalue weighted by atomic mass is 9.81. The molecule has 27 heavy (non-hydrogen) atoms. The van der Waals surface area contributed by atoms with Gasteiger partial charge in [0.2, 0.25) is 5.91 Å². The highest BCUT2D eigenvalue weighted by molar-refractivity contribution is 5.76. The topological polar surface area (TPSA) is 80.5 Å². The Hall–Kier alpha value is -2.25. The number of morpholine rings is 1. The standard InChI is InChI=1S/C20H26N4O3/c25-20(24-7-9-26-10-8-24)12-15-4-6-21-14-16(15)11-17-13-19(27-23-17)18-3-1-2-5-22-18/h1-3,5,13,15-16,21H,4,6-12,14H2. The summed E-state index contributed by atoms with van der Waals surface area (Å²) < 4.78 is 10.8. The molecule has 2 aliphatic rings. The third kappa shape index (κ3) is 4.54. The van der Waals surface area contributed by atoms with Crippen molar-refractivity contribution in [1.29, 1.82) is 0 Å². The summed E-state index contributed by atoms with van der Waals surface area (Å²) in [6, 6.07) is 7.70. The second-order valence-corrected chi connectivity index (χ2v) is 7.31. The SMILES string of the molecule is O=C(CC1CCNCC1Cc1cc(-c2ccccn2)on1)N1CCOCC1. The molecule has 0 bridgehead atoms. The van der Waals surface area contributed by atoms with Gasteiger partial charge >= 0.3 is 0 Å². The maximum Gasteiger partial charge on any atom is 0.223 e. The van der Waals surface area contributed by atoms with E-state index in [1.165, 1.54) is 0 Å². The molecule has 2 aromatic rings. The van der Waals surface area contributed by atoms with E-state index < -0.39 is 0 Å². The zero-order valence-corrected chi connectivity index (χ0v) is 15.5. The molecule has 1 N–H and O–H groups in total. The van der Waals surface area contributed by atoms with E-state index in [9.17, 15) is 4.79 Å². The predicted molar refractivity (Wildman–Crippen MR) is 99.9 cm³/mol. The van der Waals surface area contributed by atoms with E-state index in [0.717, 1.165) is 37.3 Å². The summed E-state index contributed by atoms with van der Waals surface area (Å²) in [6.45, 7) is 4.60. The summed E-state index contributed by atoms with van der Waals surface area (Å²) in [7, 11) is 0. The van der Waals surface area contributed by atoms with Crippen molar-refractivity contribution >= 4 is 5.91 Å². The van der Waals surface area contributed by atoms with Crippen LogP contribution in [0.15, 0.2) is 35.0 Å². The van der Waals surface area contributed by atoms with Crippen LogP contribution in [0.2, 0.25) is 0 Å². The number of pyridine rings is 1. The number of ether oxygens (including phenoxy) is 1. The van der Waals surface area contributed by atoms with Crippen LogP contribution < -0.4 is 5.32 Å². The molecule has 4 heterocycles. The normalized spacial score (nSPS) is 23.3. The van der Waals surface area contributed by atoms with Gasteiger partial charge in [0.05, 0.1) is 18.9 Å². The Kier molecular flexibility index (Phi) is 5.79. The van der Waals surface area contributed by atoms with Crippen LogP contribution in [0.1, 0.15) is 18.5 Å². The molecule has 2 aromatic heterocycles. The predicted octanol–water partition coefficient (Wildman–Crippen LogP) is 1.75. The monoisotopic (exact) mass is 370 g/mol. The molecule has 0 saturated carbocycles. The number of carbonyl (C=O) groups excluding carboxylic acids is 1. The highest BCUT2D eigenvalue weighted by Gasteiger charge is 2.30. The third-order valence-corrected chi connectivity index (χ3v) is 5.51. The fraction of sp³-hybridized carbons (Fsp3) is 0.550. The van der Waals surface area contributed by atoms with Crippen LogP contribution in [0.25, 0.3) is 11.5 Å². The van der Waals surface area contributed by atoms with Crippen molar-refractivity contribution in [3.8, 4) is 11.5 Å². The average Bonchev–Trinajstić information content (AvgIpc) is 3.19. The summed E-state index contributed by atoms with van der Waals surface area (Å²) in [5.74, 6) is 1.70. The average molecular weight is 370 g/mol. The van der Waals surface area contributed by atoms with Crippen molar-refractivity contribution in [3.63, 3.8) is 0 Å². The van der Waals surface area contributed by atoms with Gasteiger partial charge in [-0.2, -0.15) is 0 Å². The van der Waals surface area contributed by atoms with Crippen molar-refractivity contribution < 1.29 is 14.1 Å². The van der Waals surface area contributed by atoms with E-state index in [4.69, 9.17) is 9.26 Å². The Morgan fingerprint density at radius 2 is 2.15 bits per heavy atom. The molecule has 4 rings (SSSR count). The Morgan fingerprint density at radius 3 is 2.96 bits per heavy atom. The fourth-order valence-electron chi connectivity index (χ4n) is 3.96. The van der Waals surface area contributed by atoms with Gasteiger partial charge in [0.25, 0.3) is 0 Å². The molecule has 2 atom stereocenters. The highest BCUT2D eigenvalue weighted by Crippen LogP contribution is 2.28. The van der Waals surface area contributed by atoms with E-state index in [1.54, 1.807) is 6.20 Å². The molecule has 0 aromatic carbocycles. The first kappa shape index (κ1) is 18.1. The molecule has 0 aliphatic carbocycles. The molecule has 7 nitrogen and oxygen atoms in total.